The van der Waals surface area contributed by atoms with Crippen LogP contribution in [0.1, 0.15) is 0 Å². The Morgan fingerprint density at radius 2 is 2.10 bits per heavy atom. The van der Waals surface area contributed by atoms with E-state index >= 15 is 0 Å². The third kappa shape index (κ3) is 4.84. The molecule has 1 aromatic heterocycles. The SMILES string of the molecule is COc1[c-]nn[c-]c1.[Y].[Y]. The van der Waals surface area contributed by atoms with Crippen LogP contribution in [0.4, 0.5) is 0 Å². The van der Waals surface area contributed by atoms with Gasteiger partial charge in [-0.05, 0) is 0 Å². The molecule has 3 nitrogen and oxygen atoms in total. The fourth-order valence-corrected chi connectivity index (χ4v) is 0.327. The smallest absolute Gasteiger partial charge is 0.0488 e. The van der Waals surface area contributed by atoms with Crippen LogP contribution in [0.3, 0.4) is 0 Å². The van der Waals surface area contributed by atoms with E-state index in [1.54, 1.807) is 13.2 Å². The zero-order valence-electron chi connectivity index (χ0n) is 5.53. The number of hydrogen-bond donors (Lipinski definition) is 0. The van der Waals surface area contributed by atoms with Crippen molar-refractivity contribution in [3.05, 3.63) is 18.5 Å². The van der Waals surface area contributed by atoms with Crippen LogP contribution in [-0.2, 0) is 65.4 Å². The summed E-state index contributed by atoms with van der Waals surface area (Å²) in [4.78, 5) is 0. The first-order chi connectivity index (χ1) is 3.93. The molecule has 0 spiro atoms. The Morgan fingerprint density at radius 1 is 1.40 bits per heavy atom. The summed E-state index contributed by atoms with van der Waals surface area (Å²) >= 11 is 0. The van der Waals surface area contributed by atoms with E-state index in [1.165, 1.54) is 0 Å². The van der Waals surface area contributed by atoms with E-state index < -0.39 is 0 Å². The maximum atomic E-state index is 4.72. The molecule has 1 aromatic rings. The molecule has 0 atom stereocenters. The van der Waals surface area contributed by atoms with E-state index in [4.69, 9.17) is 4.74 Å². The van der Waals surface area contributed by atoms with Crippen molar-refractivity contribution in [2.45, 2.75) is 0 Å². The summed E-state index contributed by atoms with van der Waals surface area (Å²) in [6.07, 6.45) is 5.00. The second-order valence-electron chi connectivity index (χ2n) is 1.15. The van der Waals surface area contributed by atoms with Gasteiger partial charge in [-0.15, -0.1) is 0 Å². The van der Waals surface area contributed by atoms with Gasteiger partial charge in [0.1, 0.15) is 0 Å². The van der Waals surface area contributed by atoms with Crippen molar-refractivity contribution in [3.63, 3.8) is 0 Å². The summed E-state index contributed by atoms with van der Waals surface area (Å²) < 4.78 is 4.72. The molecule has 0 aliphatic carbocycles. The largest absolute Gasteiger partial charge is 0.616 e. The molecule has 0 N–H and O–H groups in total. The van der Waals surface area contributed by atoms with Crippen molar-refractivity contribution in [1.29, 1.82) is 0 Å². The second-order valence-corrected chi connectivity index (χ2v) is 1.15. The molecule has 0 fully saturated rings. The standard InChI is InChI=1S/C5H4N2O.2Y/c1-8-5-2-3-6-7-4-5;;/h2H,1H3;;/q-2;;. The van der Waals surface area contributed by atoms with E-state index in [2.05, 4.69) is 22.6 Å². The van der Waals surface area contributed by atoms with E-state index in [0.29, 0.717) is 5.75 Å². The van der Waals surface area contributed by atoms with Crippen LogP contribution < -0.4 is 4.74 Å². The van der Waals surface area contributed by atoms with E-state index in [0.717, 1.165) is 0 Å². The average molecular weight is 286 g/mol. The molecular weight excluding hydrogens is 282 g/mol. The first-order valence-corrected chi connectivity index (χ1v) is 2.09. The van der Waals surface area contributed by atoms with Gasteiger partial charge in [0, 0.05) is 72.5 Å². The first kappa shape index (κ1) is 13.7. The third-order valence-corrected chi connectivity index (χ3v) is 0.683. The van der Waals surface area contributed by atoms with Gasteiger partial charge in [-0.1, -0.05) is 0 Å². The van der Waals surface area contributed by atoms with Crippen LogP contribution in [0.15, 0.2) is 6.07 Å². The normalized spacial score (nSPS) is 6.90. The fourth-order valence-electron chi connectivity index (χ4n) is 0.327. The molecule has 0 aliphatic heterocycles. The second kappa shape index (κ2) is 8.19. The minimum Gasteiger partial charge on any atom is -0.616 e. The number of methoxy groups -OCH3 is 1. The Bertz CT molecular complexity index is 159. The van der Waals surface area contributed by atoms with Crippen molar-refractivity contribution in [3.8, 4) is 5.75 Å². The van der Waals surface area contributed by atoms with Gasteiger partial charge in [-0.3, -0.25) is 0 Å². The zero-order chi connectivity index (χ0) is 5.82. The topological polar surface area (TPSA) is 35.0 Å². The van der Waals surface area contributed by atoms with Crippen LogP contribution in [0.25, 0.3) is 0 Å². The third-order valence-electron chi connectivity index (χ3n) is 0.683. The van der Waals surface area contributed by atoms with Gasteiger partial charge in [0.15, 0.2) is 0 Å². The molecule has 1 heterocycles. The average Bonchev–Trinajstić information content (AvgIpc) is 1.90. The van der Waals surface area contributed by atoms with Gasteiger partial charge < -0.3 is 21.0 Å². The zero-order valence-corrected chi connectivity index (χ0v) is 11.2. The van der Waals surface area contributed by atoms with Crippen molar-refractivity contribution >= 4 is 0 Å². The summed E-state index contributed by atoms with van der Waals surface area (Å²) in [5.41, 5.74) is 0. The van der Waals surface area contributed by atoms with Crippen LogP contribution in [0, 0.1) is 12.4 Å². The van der Waals surface area contributed by atoms with Gasteiger partial charge in [0.25, 0.3) is 0 Å². The number of hydrogen-bond acceptors (Lipinski definition) is 3. The van der Waals surface area contributed by atoms with E-state index in [1.807, 2.05) is 0 Å². The molecule has 48 valence electrons. The monoisotopic (exact) mass is 286 g/mol. The number of ether oxygens (including phenoxy) is 1. The van der Waals surface area contributed by atoms with Crippen molar-refractivity contribution in [2.75, 3.05) is 7.11 Å². The van der Waals surface area contributed by atoms with Crippen LogP contribution in [-0.4, -0.2) is 17.3 Å². The molecule has 0 saturated carbocycles. The summed E-state index contributed by atoms with van der Waals surface area (Å²) in [7, 11) is 1.54. The molecule has 10 heavy (non-hydrogen) atoms. The van der Waals surface area contributed by atoms with Gasteiger partial charge in [-0.2, -0.15) is 11.9 Å². The Kier molecular flexibility index (Phi) is 11.2. The van der Waals surface area contributed by atoms with Crippen LogP contribution in [0.5, 0.6) is 5.75 Å². The van der Waals surface area contributed by atoms with Crippen LogP contribution >= 0.6 is 0 Å². The molecule has 0 saturated heterocycles. The Labute approximate surface area is 110 Å². The van der Waals surface area contributed by atoms with Crippen LogP contribution in [0.2, 0.25) is 0 Å². The van der Waals surface area contributed by atoms with Gasteiger partial charge >= 0.3 is 0 Å². The minimum atomic E-state index is 0. The predicted molar refractivity (Wildman–Crippen MR) is 26.3 cm³/mol. The Morgan fingerprint density at radius 3 is 2.40 bits per heavy atom. The molecule has 0 aliphatic rings. The molecular formula is C5H4N2OY2-2. The number of aromatic nitrogens is 2. The van der Waals surface area contributed by atoms with E-state index in [-0.39, 0.29) is 65.4 Å². The molecule has 0 amide bonds. The Balaban J connectivity index is 0. The quantitative estimate of drug-likeness (QED) is 0.686. The van der Waals surface area contributed by atoms with Crippen molar-refractivity contribution in [1.82, 2.24) is 10.2 Å². The van der Waals surface area contributed by atoms with Crippen molar-refractivity contribution in [2.24, 2.45) is 0 Å². The Hall–Kier alpha value is 1.09. The summed E-state index contributed by atoms with van der Waals surface area (Å²) in [6.45, 7) is 0. The fraction of sp³-hybridized carbons (Fsp3) is 0.200. The molecule has 0 bridgehead atoms. The predicted octanol–water partition coefficient (Wildman–Crippen LogP) is 0.0806. The number of nitrogens with zero attached hydrogens (tertiary/aromatic N) is 2. The molecule has 2 radical (unpaired) electrons. The minimum absolute atomic E-state index is 0. The summed E-state index contributed by atoms with van der Waals surface area (Å²) in [5, 5.41) is 6.78. The van der Waals surface area contributed by atoms with Gasteiger partial charge in [0.05, 0.1) is 0 Å². The maximum Gasteiger partial charge on any atom is 0.0488 e. The van der Waals surface area contributed by atoms with Gasteiger partial charge in [-0.25, -0.2) is 6.20 Å². The summed E-state index contributed by atoms with van der Waals surface area (Å²) in [5.74, 6) is 0.556. The first-order valence-electron chi connectivity index (χ1n) is 2.09. The number of rotatable bonds is 1. The van der Waals surface area contributed by atoms with E-state index in [9.17, 15) is 0 Å². The molecule has 5 heteroatoms. The maximum absolute atomic E-state index is 4.72. The molecule has 0 aromatic carbocycles. The van der Waals surface area contributed by atoms with Gasteiger partial charge in [0.2, 0.25) is 0 Å². The molecule has 1 rings (SSSR count). The summed E-state index contributed by atoms with van der Waals surface area (Å²) in [6, 6.07) is 1.56. The molecule has 0 unspecified atom stereocenters. The van der Waals surface area contributed by atoms with Crippen molar-refractivity contribution < 1.29 is 70.2 Å².